The van der Waals surface area contributed by atoms with Crippen molar-refractivity contribution in [2.75, 3.05) is 25.0 Å². The quantitative estimate of drug-likeness (QED) is 0.883. The minimum absolute atomic E-state index is 0.00394. The van der Waals surface area contributed by atoms with E-state index in [0.29, 0.717) is 12.2 Å². The lowest BCUT2D eigenvalue weighted by Crippen LogP contribution is -2.32. The molecule has 1 aromatic heterocycles. The number of rotatable bonds is 6. The second-order valence-corrected chi connectivity index (χ2v) is 4.99. The van der Waals surface area contributed by atoms with Crippen LogP contribution in [0.4, 0.5) is 5.82 Å². The lowest BCUT2D eigenvalue weighted by Gasteiger charge is -2.20. The number of anilines is 1. The molecule has 0 fully saturated rings. The van der Waals surface area contributed by atoms with Gasteiger partial charge in [-0.2, -0.15) is 0 Å². The van der Waals surface area contributed by atoms with Crippen molar-refractivity contribution in [3.05, 3.63) is 36.0 Å². The first-order chi connectivity index (χ1) is 10.2. The molecule has 0 bridgehead atoms. The highest BCUT2D eigenvalue weighted by molar-refractivity contribution is 6.00. The average molecular weight is 285 g/mol. The highest BCUT2D eigenvalue weighted by atomic mass is 16.2. The smallest absolute Gasteiger partial charge is 0.272 e. The van der Waals surface area contributed by atoms with Gasteiger partial charge in [0, 0.05) is 25.0 Å². The van der Waals surface area contributed by atoms with Crippen LogP contribution < -0.4 is 5.32 Å². The second kappa shape index (κ2) is 7.07. The average Bonchev–Trinajstić information content (AvgIpc) is 2.52. The monoisotopic (exact) mass is 285 g/mol. The Kier molecular flexibility index (Phi) is 5.14. The van der Waals surface area contributed by atoms with Crippen molar-refractivity contribution in [1.29, 1.82) is 0 Å². The molecule has 2 rings (SSSR count). The summed E-state index contributed by atoms with van der Waals surface area (Å²) in [6.45, 7) is 8.35. The molecule has 0 aliphatic rings. The number of fused-ring (bicyclic) bond motifs is 1. The van der Waals surface area contributed by atoms with Crippen molar-refractivity contribution in [2.45, 2.75) is 27.2 Å². The third-order valence-electron chi connectivity index (χ3n) is 3.47. The van der Waals surface area contributed by atoms with Gasteiger partial charge in [-0.1, -0.05) is 31.2 Å². The molecule has 1 heterocycles. The molecular formula is C17H23N3O. The van der Waals surface area contributed by atoms with Gasteiger partial charge in [0.05, 0.1) is 0 Å². The fourth-order valence-electron chi connectivity index (χ4n) is 2.45. The highest BCUT2D eigenvalue weighted by Gasteiger charge is 2.17. The summed E-state index contributed by atoms with van der Waals surface area (Å²) in [4.78, 5) is 19.0. The minimum atomic E-state index is 0.00394. The molecule has 0 spiro atoms. The van der Waals surface area contributed by atoms with E-state index < -0.39 is 0 Å². The molecule has 2 aromatic rings. The minimum Gasteiger partial charge on any atom is -0.370 e. The van der Waals surface area contributed by atoms with Crippen LogP contribution in [0, 0.1) is 0 Å². The zero-order valence-corrected chi connectivity index (χ0v) is 13.0. The Balaban J connectivity index is 2.46. The molecule has 0 unspecified atom stereocenters. The maximum atomic E-state index is 12.6. The lowest BCUT2D eigenvalue weighted by molar-refractivity contribution is 0.0759. The molecule has 0 saturated carbocycles. The molecule has 0 aliphatic heterocycles. The number of carbonyl (C=O) groups excluding carboxylic acids is 1. The third-order valence-corrected chi connectivity index (χ3v) is 3.47. The van der Waals surface area contributed by atoms with Gasteiger partial charge in [-0.05, 0) is 31.7 Å². The van der Waals surface area contributed by atoms with Crippen LogP contribution >= 0.6 is 0 Å². The van der Waals surface area contributed by atoms with E-state index in [4.69, 9.17) is 0 Å². The van der Waals surface area contributed by atoms with Crippen LogP contribution in [0.5, 0.6) is 0 Å². The molecule has 0 aliphatic carbocycles. The fraction of sp³-hybridized carbons (Fsp3) is 0.412. The number of hydrogen-bond donors (Lipinski definition) is 1. The number of benzene rings is 1. The fourth-order valence-corrected chi connectivity index (χ4v) is 2.45. The molecule has 4 nitrogen and oxygen atoms in total. The van der Waals surface area contributed by atoms with Gasteiger partial charge in [-0.3, -0.25) is 4.79 Å². The summed E-state index contributed by atoms with van der Waals surface area (Å²) in [6, 6.07) is 9.90. The van der Waals surface area contributed by atoms with Gasteiger partial charge in [-0.25, -0.2) is 4.98 Å². The molecule has 4 heteroatoms. The Morgan fingerprint density at radius 1 is 1.24 bits per heavy atom. The van der Waals surface area contributed by atoms with E-state index in [1.807, 2.05) is 49.1 Å². The summed E-state index contributed by atoms with van der Waals surface area (Å²) in [7, 11) is 0. The van der Waals surface area contributed by atoms with Crippen LogP contribution in [0.25, 0.3) is 10.8 Å². The number of amides is 1. The van der Waals surface area contributed by atoms with Crippen LogP contribution in [0.1, 0.15) is 37.7 Å². The van der Waals surface area contributed by atoms with Crippen LogP contribution in [-0.2, 0) is 0 Å². The molecule has 112 valence electrons. The molecule has 1 N–H and O–H groups in total. The molecule has 0 saturated heterocycles. The third kappa shape index (κ3) is 3.32. The van der Waals surface area contributed by atoms with E-state index in [9.17, 15) is 4.79 Å². The van der Waals surface area contributed by atoms with Crippen molar-refractivity contribution in [3.8, 4) is 0 Å². The standard InChI is InChI=1S/C17H23N3O/c1-4-11-20(6-3)17(21)15-12-13-9-7-8-10-14(13)16(19-15)18-5-2/h7-10,12H,4-6,11H2,1-3H3,(H,18,19). The van der Waals surface area contributed by atoms with Crippen molar-refractivity contribution >= 4 is 22.5 Å². The van der Waals surface area contributed by atoms with Crippen LogP contribution in [0.15, 0.2) is 30.3 Å². The zero-order valence-electron chi connectivity index (χ0n) is 13.0. The van der Waals surface area contributed by atoms with Crippen molar-refractivity contribution < 1.29 is 4.79 Å². The van der Waals surface area contributed by atoms with Crippen molar-refractivity contribution in [2.24, 2.45) is 0 Å². The molecule has 1 aromatic carbocycles. The van der Waals surface area contributed by atoms with E-state index in [2.05, 4.69) is 17.2 Å². The largest absolute Gasteiger partial charge is 0.370 e. The van der Waals surface area contributed by atoms with Crippen LogP contribution in [0.3, 0.4) is 0 Å². The normalized spacial score (nSPS) is 10.6. The van der Waals surface area contributed by atoms with Gasteiger partial charge in [0.1, 0.15) is 11.5 Å². The van der Waals surface area contributed by atoms with Gasteiger partial charge in [-0.15, -0.1) is 0 Å². The summed E-state index contributed by atoms with van der Waals surface area (Å²) in [5.74, 6) is 0.788. The molecule has 0 atom stereocenters. The van der Waals surface area contributed by atoms with Gasteiger partial charge >= 0.3 is 0 Å². The first-order valence-electron chi connectivity index (χ1n) is 7.64. The molecule has 1 amide bonds. The Hall–Kier alpha value is -2.10. The van der Waals surface area contributed by atoms with Crippen LogP contribution in [0.2, 0.25) is 0 Å². The number of pyridine rings is 1. The zero-order chi connectivity index (χ0) is 15.2. The Morgan fingerprint density at radius 3 is 2.67 bits per heavy atom. The van der Waals surface area contributed by atoms with Gasteiger partial charge in [0.25, 0.3) is 5.91 Å². The van der Waals surface area contributed by atoms with Crippen molar-refractivity contribution in [3.63, 3.8) is 0 Å². The molecule has 0 radical (unpaired) electrons. The summed E-state index contributed by atoms with van der Waals surface area (Å²) in [6.07, 6.45) is 0.952. The predicted molar refractivity (Wildman–Crippen MR) is 87.8 cm³/mol. The predicted octanol–water partition coefficient (Wildman–Crippen LogP) is 3.54. The van der Waals surface area contributed by atoms with Crippen LogP contribution in [-0.4, -0.2) is 35.4 Å². The highest BCUT2D eigenvalue weighted by Crippen LogP contribution is 2.23. The molecule has 21 heavy (non-hydrogen) atoms. The SMILES string of the molecule is CCCN(CC)C(=O)c1cc2ccccc2c(NCC)n1. The number of hydrogen-bond acceptors (Lipinski definition) is 3. The number of aromatic nitrogens is 1. The first-order valence-corrected chi connectivity index (χ1v) is 7.64. The van der Waals surface area contributed by atoms with Gasteiger partial charge in [0.15, 0.2) is 0 Å². The summed E-state index contributed by atoms with van der Waals surface area (Å²) >= 11 is 0. The summed E-state index contributed by atoms with van der Waals surface area (Å²) < 4.78 is 0. The second-order valence-electron chi connectivity index (χ2n) is 4.99. The van der Waals surface area contributed by atoms with Gasteiger partial charge < -0.3 is 10.2 Å². The van der Waals surface area contributed by atoms with E-state index >= 15 is 0 Å². The number of carbonyl (C=O) groups is 1. The summed E-state index contributed by atoms with van der Waals surface area (Å²) in [5, 5.41) is 5.34. The maximum Gasteiger partial charge on any atom is 0.272 e. The van der Waals surface area contributed by atoms with E-state index in [0.717, 1.165) is 36.1 Å². The first kappa shape index (κ1) is 15.3. The lowest BCUT2D eigenvalue weighted by atomic mass is 10.1. The van der Waals surface area contributed by atoms with E-state index in [1.165, 1.54) is 0 Å². The Labute approximate surface area is 126 Å². The number of nitrogens with zero attached hydrogens (tertiary/aromatic N) is 2. The molecular weight excluding hydrogens is 262 g/mol. The summed E-state index contributed by atoms with van der Waals surface area (Å²) in [5.41, 5.74) is 0.514. The topological polar surface area (TPSA) is 45.2 Å². The maximum absolute atomic E-state index is 12.6. The van der Waals surface area contributed by atoms with Crippen molar-refractivity contribution in [1.82, 2.24) is 9.88 Å². The Bertz CT molecular complexity index is 624. The van der Waals surface area contributed by atoms with E-state index in [-0.39, 0.29) is 5.91 Å². The number of nitrogens with one attached hydrogen (secondary N) is 1. The Morgan fingerprint density at radius 2 is 2.00 bits per heavy atom. The van der Waals surface area contributed by atoms with Gasteiger partial charge in [0.2, 0.25) is 0 Å². The van der Waals surface area contributed by atoms with E-state index in [1.54, 1.807) is 0 Å².